The van der Waals surface area contributed by atoms with Gasteiger partial charge in [0.2, 0.25) is 0 Å². The van der Waals surface area contributed by atoms with Gasteiger partial charge in [-0.2, -0.15) is 0 Å². The van der Waals surface area contributed by atoms with Crippen LogP contribution in [0, 0.1) is 12.3 Å². The summed E-state index contributed by atoms with van der Waals surface area (Å²) in [7, 11) is 3.12. The molecule has 7 rings (SSSR count). The summed E-state index contributed by atoms with van der Waals surface area (Å²) in [6, 6.07) is 26.0. The fourth-order valence-electron chi connectivity index (χ4n) is 7.23. The van der Waals surface area contributed by atoms with Gasteiger partial charge in [-0.3, -0.25) is 14.4 Å². The first-order valence-electron chi connectivity index (χ1n) is 14.0. The molecule has 6 nitrogen and oxygen atoms in total. The number of para-hydroxylation sites is 1. The Balaban J connectivity index is 1.58. The number of ketones is 3. The normalized spacial score (nSPS) is 21.2. The topological polar surface area (TPSA) is 72.9 Å². The summed E-state index contributed by atoms with van der Waals surface area (Å²) in [5.74, 6) is -0.598. The van der Waals surface area contributed by atoms with Gasteiger partial charge in [0.05, 0.1) is 20.3 Å². The number of hydrogen-bond donors (Lipinski definition) is 0. The summed E-state index contributed by atoms with van der Waals surface area (Å²) in [4.78, 5) is 46.5. The molecule has 0 aromatic heterocycles. The van der Waals surface area contributed by atoms with Crippen LogP contribution in [0.15, 0.2) is 97.1 Å². The first-order chi connectivity index (χ1) is 20.4. The van der Waals surface area contributed by atoms with Crippen molar-refractivity contribution in [3.05, 3.63) is 130 Å². The molecule has 4 aromatic carbocycles. The third-order valence-electron chi connectivity index (χ3n) is 9.09. The number of methoxy groups -OCH3 is 2. The summed E-state index contributed by atoms with van der Waals surface area (Å²) in [6.45, 7) is 1.97. The maximum atomic E-state index is 14.8. The van der Waals surface area contributed by atoms with E-state index in [0.29, 0.717) is 33.8 Å². The molecule has 0 N–H and O–H groups in total. The summed E-state index contributed by atoms with van der Waals surface area (Å²) in [5.41, 5.74) is 2.98. The largest absolute Gasteiger partial charge is 0.497 e. The average molecular weight is 556 g/mol. The van der Waals surface area contributed by atoms with Gasteiger partial charge in [-0.15, -0.1) is 0 Å². The molecule has 1 saturated heterocycles. The molecule has 0 unspecified atom stereocenters. The van der Waals surface area contributed by atoms with E-state index in [2.05, 4.69) is 0 Å². The van der Waals surface area contributed by atoms with E-state index < -0.39 is 23.4 Å². The van der Waals surface area contributed by atoms with Crippen LogP contribution in [0.25, 0.3) is 6.08 Å². The second-order valence-electron chi connectivity index (χ2n) is 11.1. The number of fused-ring (bicyclic) bond motifs is 5. The van der Waals surface area contributed by atoms with Crippen LogP contribution in [-0.2, 0) is 0 Å². The van der Waals surface area contributed by atoms with E-state index in [1.54, 1.807) is 56.7 Å². The van der Waals surface area contributed by atoms with E-state index in [1.807, 2.05) is 72.5 Å². The van der Waals surface area contributed by atoms with Crippen LogP contribution in [-0.4, -0.2) is 43.7 Å². The Morgan fingerprint density at radius 1 is 0.810 bits per heavy atom. The van der Waals surface area contributed by atoms with Gasteiger partial charge in [0.1, 0.15) is 23.0 Å². The molecule has 0 bridgehead atoms. The highest BCUT2D eigenvalue weighted by atomic mass is 16.5. The van der Waals surface area contributed by atoms with Gasteiger partial charge in [0.15, 0.2) is 17.3 Å². The molecule has 42 heavy (non-hydrogen) atoms. The van der Waals surface area contributed by atoms with Gasteiger partial charge in [0, 0.05) is 33.9 Å². The minimum atomic E-state index is -1.61. The molecular weight excluding hydrogens is 526 g/mol. The van der Waals surface area contributed by atoms with Gasteiger partial charge < -0.3 is 14.4 Å². The van der Waals surface area contributed by atoms with Crippen LogP contribution in [0.4, 0.5) is 5.69 Å². The number of Topliss-reactive ketones (excluding diaryl/α,β-unsaturated/α-hetero) is 3. The molecule has 6 heteroatoms. The van der Waals surface area contributed by atoms with Crippen molar-refractivity contribution in [2.75, 3.05) is 19.1 Å². The predicted octanol–water partition coefficient (Wildman–Crippen LogP) is 6.33. The lowest BCUT2D eigenvalue weighted by molar-refractivity contribution is 0.0664. The van der Waals surface area contributed by atoms with Crippen LogP contribution < -0.4 is 14.4 Å². The number of ether oxygens (including phenoxy) is 2. The van der Waals surface area contributed by atoms with Gasteiger partial charge >= 0.3 is 0 Å². The number of carbonyl (C=O) groups excluding carboxylic acids is 3. The molecule has 0 amide bonds. The minimum absolute atomic E-state index is 0.173. The van der Waals surface area contributed by atoms with Crippen molar-refractivity contribution in [2.24, 2.45) is 5.41 Å². The molecule has 1 aliphatic carbocycles. The summed E-state index contributed by atoms with van der Waals surface area (Å²) in [5, 5.41) is 0. The Morgan fingerprint density at radius 3 is 2.14 bits per heavy atom. The third kappa shape index (κ3) is 3.41. The third-order valence-corrected chi connectivity index (χ3v) is 9.09. The number of nitrogens with zero attached hydrogens (tertiary/aromatic N) is 1. The molecule has 0 radical (unpaired) electrons. The Labute approximate surface area is 244 Å². The number of anilines is 1. The fraction of sp³-hybridized carbons (Fsp3) is 0.194. The fourth-order valence-corrected chi connectivity index (χ4v) is 7.23. The van der Waals surface area contributed by atoms with Crippen molar-refractivity contribution in [1.82, 2.24) is 0 Å². The number of rotatable bonds is 5. The Bertz CT molecular complexity index is 1770. The molecule has 2 heterocycles. The highest BCUT2D eigenvalue weighted by Gasteiger charge is 2.72. The van der Waals surface area contributed by atoms with E-state index in [9.17, 15) is 14.4 Å². The van der Waals surface area contributed by atoms with Crippen molar-refractivity contribution in [3.63, 3.8) is 0 Å². The number of carbonyl (C=O) groups is 3. The minimum Gasteiger partial charge on any atom is -0.497 e. The van der Waals surface area contributed by atoms with E-state index in [1.165, 1.54) is 0 Å². The quantitative estimate of drug-likeness (QED) is 0.212. The smallest absolute Gasteiger partial charge is 0.185 e. The van der Waals surface area contributed by atoms with Crippen molar-refractivity contribution in [3.8, 4) is 11.5 Å². The van der Waals surface area contributed by atoms with Crippen molar-refractivity contribution in [1.29, 1.82) is 0 Å². The lowest BCUT2D eigenvalue weighted by Crippen LogP contribution is -2.48. The zero-order valence-corrected chi connectivity index (χ0v) is 23.5. The second-order valence-corrected chi connectivity index (χ2v) is 11.1. The molecule has 1 spiro atoms. The second kappa shape index (κ2) is 9.55. The highest BCUT2D eigenvalue weighted by molar-refractivity contribution is 6.32. The Morgan fingerprint density at radius 2 is 1.48 bits per heavy atom. The van der Waals surface area contributed by atoms with Gasteiger partial charge in [-0.1, -0.05) is 84.4 Å². The van der Waals surface area contributed by atoms with Gasteiger partial charge in [0.25, 0.3) is 0 Å². The SMILES string of the molecule is COc1ccc(OC)c([C@H]2[C@@H](C(=O)c3ccc(C)cc3)N3c4ccccc4C=C[C@@H]3C23C(=O)c2ccccc2C3=O)c1. The summed E-state index contributed by atoms with van der Waals surface area (Å²) in [6.07, 6.45) is 3.88. The molecule has 0 saturated carbocycles. The summed E-state index contributed by atoms with van der Waals surface area (Å²) < 4.78 is 11.5. The van der Waals surface area contributed by atoms with Gasteiger partial charge in [-0.05, 0) is 36.8 Å². The maximum absolute atomic E-state index is 14.8. The molecule has 4 aromatic rings. The van der Waals surface area contributed by atoms with Crippen molar-refractivity contribution >= 4 is 29.1 Å². The standard InChI is InChI=1S/C36H29NO5/c1-21-12-14-23(15-13-21)33(38)32-31(27-20-24(41-2)17-18-29(27)42-3)36(34(39)25-9-5-6-10-26(25)35(36)40)30-19-16-22-8-4-7-11-28(22)37(30)32/h4-20,30-32H,1-3H3/t30-,31+,32+/m1/s1. The Hall–Kier alpha value is -4.97. The van der Waals surface area contributed by atoms with Gasteiger partial charge in [-0.25, -0.2) is 0 Å². The van der Waals surface area contributed by atoms with Crippen LogP contribution in [0.5, 0.6) is 11.5 Å². The Kier molecular flexibility index (Phi) is 5.91. The molecule has 3 atom stereocenters. The van der Waals surface area contributed by atoms with E-state index in [4.69, 9.17) is 9.47 Å². The first-order valence-corrected chi connectivity index (χ1v) is 14.0. The average Bonchev–Trinajstić information content (AvgIpc) is 3.46. The van der Waals surface area contributed by atoms with E-state index in [0.717, 1.165) is 16.8 Å². The molecule has 208 valence electrons. The molecule has 3 aliphatic rings. The van der Waals surface area contributed by atoms with Crippen molar-refractivity contribution < 1.29 is 23.9 Å². The lowest BCUT2D eigenvalue weighted by atomic mass is 9.64. The zero-order chi connectivity index (χ0) is 29.2. The van der Waals surface area contributed by atoms with Crippen LogP contribution >= 0.6 is 0 Å². The number of aryl methyl sites for hydroxylation is 1. The van der Waals surface area contributed by atoms with Crippen LogP contribution in [0.2, 0.25) is 0 Å². The first kappa shape index (κ1) is 26.0. The number of hydrogen-bond acceptors (Lipinski definition) is 6. The van der Waals surface area contributed by atoms with Crippen LogP contribution in [0.3, 0.4) is 0 Å². The lowest BCUT2D eigenvalue weighted by Gasteiger charge is -2.37. The zero-order valence-electron chi connectivity index (χ0n) is 23.5. The highest BCUT2D eigenvalue weighted by Crippen LogP contribution is 2.62. The predicted molar refractivity (Wildman–Crippen MR) is 161 cm³/mol. The maximum Gasteiger partial charge on any atom is 0.185 e. The summed E-state index contributed by atoms with van der Waals surface area (Å²) >= 11 is 0. The van der Waals surface area contributed by atoms with Crippen molar-refractivity contribution in [2.45, 2.75) is 24.9 Å². The molecule has 2 aliphatic heterocycles. The van der Waals surface area contributed by atoms with Crippen LogP contribution in [0.1, 0.15) is 53.7 Å². The van der Waals surface area contributed by atoms with E-state index >= 15 is 0 Å². The molecular formula is C36H29NO5. The number of benzene rings is 4. The monoisotopic (exact) mass is 555 g/mol. The van der Waals surface area contributed by atoms with E-state index in [-0.39, 0.29) is 17.3 Å². The molecule has 1 fully saturated rings.